The van der Waals surface area contributed by atoms with Gasteiger partial charge in [0.05, 0.1) is 22.4 Å². The number of fused-ring (bicyclic) bond motifs is 1. The minimum atomic E-state index is -3.98. The summed E-state index contributed by atoms with van der Waals surface area (Å²) in [5, 5.41) is 0.755. The Bertz CT molecular complexity index is 1890. The summed E-state index contributed by atoms with van der Waals surface area (Å²) in [5.74, 6) is -1.62. The molecule has 1 fully saturated rings. The van der Waals surface area contributed by atoms with Crippen molar-refractivity contribution in [2.24, 2.45) is 0 Å². The van der Waals surface area contributed by atoms with E-state index in [0.29, 0.717) is 49.1 Å². The minimum absolute atomic E-state index is 0.0880. The lowest BCUT2D eigenvalue weighted by atomic mass is 10.0. The van der Waals surface area contributed by atoms with Crippen LogP contribution in [0.25, 0.3) is 22.0 Å². The number of hydrogen-bond acceptors (Lipinski definition) is 8. The number of nitrogens with zero attached hydrogens (tertiary/aromatic N) is 5. The van der Waals surface area contributed by atoms with E-state index in [2.05, 4.69) is 19.9 Å². The predicted molar refractivity (Wildman–Crippen MR) is 160 cm³/mol. The van der Waals surface area contributed by atoms with Crippen LogP contribution in [-0.4, -0.2) is 73.6 Å². The maximum atomic E-state index is 14.4. The lowest BCUT2D eigenvalue weighted by Crippen LogP contribution is -2.48. The van der Waals surface area contributed by atoms with Crippen LogP contribution in [0.4, 0.5) is 14.6 Å². The van der Waals surface area contributed by atoms with Crippen LogP contribution in [0.1, 0.15) is 6.92 Å². The van der Waals surface area contributed by atoms with Gasteiger partial charge in [0.25, 0.3) is 0 Å². The highest BCUT2D eigenvalue weighted by atomic mass is 32.9. The van der Waals surface area contributed by atoms with Crippen molar-refractivity contribution in [2.45, 2.75) is 16.7 Å². The number of carbonyl (C=O) groups excluding carboxylic acids is 2. The monoisotopic (exact) mass is 627 g/mol. The molecule has 0 radical (unpaired) electrons. The molecule has 0 spiro atoms. The molecule has 5 rings (SSSR count). The van der Waals surface area contributed by atoms with Crippen LogP contribution >= 0.6 is 0 Å². The largest absolute Gasteiger partial charge is 0.480 e. The Labute approximate surface area is 249 Å². The van der Waals surface area contributed by atoms with Crippen molar-refractivity contribution in [3.63, 3.8) is 0 Å². The summed E-state index contributed by atoms with van der Waals surface area (Å²) in [4.78, 5) is 40.2. The zero-order chi connectivity index (χ0) is 30.7. The van der Waals surface area contributed by atoms with Crippen molar-refractivity contribution >= 4 is 47.5 Å². The van der Waals surface area contributed by atoms with Crippen LogP contribution in [0.5, 0.6) is 5.88 Å². The summed E-state index contributed by atoms with van der Waals surface area (Å²) < 4.78 is 56.9. The van der Waals surface area contributed by atoms with Crippen LogP contribution in [0.2, 0.25) is 0 Å². The molecular weight excluding hydrogens is 600 g/mol. The first kappa shape index (κ1) is 30.2. The third kappa shape index (κ3) is 6.71. The van der Waals surface area contributed by atoms with Crippen LogP contribution < -0.4 is 9.64 Å². The van der Waals surface area contributed by atoms with Gasteiger partial charge in [0, 0.05) is 55.5 Å². The summed E-state index contributed by atoms with van der Waals surface area (Å²) in [6, 6.07) is 9.61. The maximum absolute atomic E-state index is 14.4. The topological polar surface area (TPSA) is 126 Å². The Morgan fingerprint density at radius 2 is 1.77 bits per heavy atom. The number of anilines is 1. The number of piperazine rings is 1. The molecule has 0 aliphatic carbocycles. The van der Waals surface area contributed by atoms with E-state index in [9.17, 15) is 27.1 Å². The fourth-order valence-corrected chi connectivity index (χ4v) is 7.88. The van der Waals surface area contributed by atoms with Crippen molar-refractivity contribution in [3.8, 4) is 17.0 Å². The van der Waals surface area contributed by atoms with E-state index in [1.54, 1.807) is 17.2 Å². The third-order valence-electron chi connectivity index (χ3n) is 6.73. The molecule has 1 N–H and O–H groups in total. The Morgan fingerprint density at radius 1 is 1.00 bits per heavy atom. The van der Waals surface area contributed by atoms with Crippen molar-refractivity contribution in [3.05, 3.63) is 78.8 Å². The number of amides is 1. The molecule has 1 atom stereocenters. The fraction of sp³-hybridized carbons (Fsp3) is 0.207. The normalized spacial score (nSPS) is 15.1. The van der Waals surface area contributed by atoms with Gasteiger partial charge in [-0.05, 0) is 48.9 Å². The molecule has 2 aromatic carbocycles. The zero-order valence-corrected chi connectivity index (χ0v) is 24.8. The first-order chi connectivity index (χ1) is 20.6. The highest BCUT2D eigenvalue weighted by Crippen LogP contribution is 2.31. The van der Waals surface area contributed by atoms with Gasteiger partial charge in [-0.1, -0.05) is 16.4 Å². The van der Waals surface area contributed by atoms with Gasteiger partial charge in [-0.3, -0.25) is 9.59 Å². The zero-order valence-electron chi connectivity index (χ0n) is 23.1. The smallest absolute Gasteiger partial charge is 0.246 e. The maximum Gasteiger partial charge on any atom is 0.246 e. The van der Waals surface area contributed by atoms with E-state index < -0.39 is 25.3 Å². The number of rotatable bonds is 7. The molecule has 43 heavy (non-hydrogen) atoms. The number of halogens is 2. The standard InChI is InChI=1S/C29H27F2N5O5S2/c1-18(37)3-8-27(38)35-9-11-36(12-10-35)28-22-13-19(4-6-24(22)33-17-34-28)20-14-25(29(41-2)32-16-20)42-43(39,40)26-7-5-21(30)15-23(26)31/h3-8,13-17,42H,9-12H2,1-2H3,(H,39,40)/b8-3+. The second-order valence-electron chi connectivity index (χ2n) is 9.60. The molecule has 10 nitrogen and oxygen atoms in total. The fourth-order valence-electron chi connectivity index (χ4n) is 4.60. The number of hydrogen-bond donors (Lipinski definition) is 2. The summed E-state index contributed by atoms with van der Waals surface area (Å²) in [5.41, 5.74) is 2.01. The van der Waals surface area contributed by atoms with Gasteiger partial charge in [-0.25, -0.2) is 27.9 Å². The number of methoxy groups -OCH3 is 1. The molecule has 1 aliphatic heterocycles. The van der Waals surface area contributed by atoms with Crippen LogP contribution in [-0.2, 0) is 28.7 Å². The number of allylic oxidation sites excluding steroid dienone is 1. The highest BCUT2D eigenvalue weighted by molar-refractivity contribution is 8.36. The average Bonchev–Trinajstić information content (AvgIpc) is 2.99. The number of ether oxygens (including phenoxy) is 1. The molecule has 0 bridgehead atoms. The van der Waals surface area contributed by atoms with Gasteiger partial charge in [-0.15, -0.1) is 0 Å². The van der Waals surface area contributed by atoms with E-state index >= 15 is 0 Å². The number of aromatic nitrogens is 3. The van der Waals surface area contributed by atoms with Gasteiger partial charge in [0.15, 0.2) is 5.78 Å². The number of benzene rings is 2. The Hall–Kier alpha value is -4.27. The van der Waals surface area contributed by atoms with Crippen molar-refractivity contribution in [1.82, 2.24) is 19.9 Å². The molecule has 1 amide bonds. The summed E-state index contributed by atoms with van der Waals surface area (Å²) in [6.45, 7) is 3.33. The first-order valence-corrected chi connectivity index (χ1v) is 16.0. The van der Waals surface area contributed by atoms with Crippen molar-refractivity contribution < 1.29 is 31.9 Å². The first-order valence-electron chi connectivity index (χ1n) is 13.0. The quantitative estimate of drug-likeness (QED) is 0.233. The lowest BCUT2D eigenvalue weighted by Gasteiger charge is -2.35. The molecule has 1 aliphatic rings. The average molecular weight is 628 g/mol. The summed E-state index contributed by atoms with van der Waals surface area (Å²) >= 11 is 0. The van der Waals surface area contributed by atoms with Gasteiger partial charge >= 0.3 is 0 Å². The van der Waals surface area contributed by atoms with Crippen molar-refractivity contribution in [1.29, 1.82) is 0 Å². The van der Waals surface area contributed by atoms with E-state index in [4.69, 9.17) is 4.74 Å². The lowest BCUT2D eigenvalue weighted by molar-refractivity contribution is -0.126. The third-order valence-corrected chi connectivity index (χ3v) is 10.3. The van der Waals surface area contributed by atoms with E-state index in [0.717, 1.165) is 23.1 Å². The summed E-state index contributed by atoms with van der Waals surface area (Å²) in [7, 11) is -2.80. The van der Waals surface area contributed by atoms with Gasteiger partial charge in [0.2, 0.25) is 11.8 Å². The second kappa shape index (κ2) is 12.5. The molecule has 1 unspecified atom stereocenters. The Balaban J connectivity index is 1.48. The molecule has 2 aromatic heterocycles. The SMILES string of the molecule is COc1ncc(-c2ccc3ncnc(N4CCN(C(=O)/C=C/C(C)=O)CC4)c3c2)cc1[SH]=S(=O)(O)c1ccc(F)cc1F. The molecule has 224 valence electrons. The Morgan fingerprint density at radius 3 is 2.47 bits per heavy atom. The van der Waals surface area contributed by atoms with E-state index in [1.807, 2.05) is 18.2 Å². The second-order valence-corrected chi connectivity index (χ2v) is 13.7. The Kier molecular flexibility index (Phi) is 8.80. The number of ketones is 1. The highest BCUT2D eigenvalue weighted by Gasteiger charge is 2.23. The molecule has 0 saturated carbocycles. The van der Waals surface area contributed by atoms with E-state index in [1.165, 1.54) is 32.5 Å². The molecular formula is C29H27F2N5O5S2. The molecule has 3 heterocycles. The summed E-state index contributed by atoms with van der Waals surface area (Å²) in [6.07, 6.45) is 5.57. The number of carbonyl (C=O) groups is 2. The van der Waals surface area contributed by atoms with Crippen LogP contribution in [0.15, 0.2) is 76.9 Å². The molecule has 4 aromatic rings. The van der Waals surface area contributed by atoms with Crippen LogP contribution in [0.3, 0.4) is 0 Å². The molecule has 14 heteroatoms. The minimum Gasteiger partial charge on any atom is -0.480 e. The molecule has 1 saturated heterocycles. The van der Waals surface area contributed by atoms with Gasteiger partial charge < -0.3 is 19.1 Å². The van der Waals surface area contributed by atoms with Crippen LogP contribution in [0, 0.1) is 11.6 Å². The number of pyridine rings is 1. The van der Waals surface area contributed by atoms with Crippen molar-refractivity contribution in [2.75, 3.05) is 38.2 Å². The number of thiol groups is 1. The van der Waals surface area contributed by atoms with Gasteiger partial charge in [0.1, 0.15) is 32.6 Å². The predicted octanol–water partition coefficient (Wildman–Crippen LogP) is 3.68. The van der Waals surface area contributed by atoms with E-state index in [-0.39, 0.29) is 32.8 Å². The van der Waals surface area contributed by atoms with Gasteiger partial charge in [-0.2, -0.15) is 0 Å².